The van der Waals surface area contributed by atoms with Crippen molar-refractivity contribution in [3.63, 3.8) is 0 Å². The van der Waals surface area contributed by atoms with Crippen LogP contribution < -0.4 is 5.32 Å². The highest BCUT2D eigenvalue weighted by Crippen LogP contribution is 2.22. The molecule has 3 heterocycles. The van der Waals surface area contributed by atoms with Crippen LogP contribution in [0.15, 0.2) is 6.20 Å². The number of hydrogen-bond donors (Lipinski definition) is 1. The standard InChI is InChI=1S/C16H24N6O/c1-10-7-5-6-8-22(10)16(23)11(2)18-14-13-9-17-21(4)15(13)20-12(3)19-14/h9-11H,5-8H2,1-4H3,(H,18,19,20)/t10-,11+/m1/s1. The van der Waals surface area contributed by atoms with Gasteiger partial charge < -0.3 is 10.2 Å². The fourth-order valence-corrected chi connectivity index (χ4v) is 3.18. The van der Waals surface area contributed by atoms with Gasteiger partial charge in [-0.25, -0.2) is 9.97 Å². The molecule has 1 aliphatic heterocycles. The van der Waals surface area contributed by atoms with Crippen LogP contribution in [0.25, 0.3) is 11.0 Å². The average Bonchev–Trinajstić information content (AvgIpc) is 2.88. The molecule has 0 radical (unpaired) electrons. The van der Waals surface area contributed by atoms with Crippen LogP contribution in [0.2, 0.25) is 0 Å². The van der Waals surface area contributed by atoms with Crippen molar-refractivity contribution in [3.05, 3.63) is 12.0 Å². The van der Waals surface area contributed by atoms with Crippen molar-refractivity contribution in [1.29, 1.82) is 0 Å². The van der Waals surface area contributed by atoms with E-state index in [2.05, 4.69) is 27.3 Å². The van der Waals surface area contributed by atoms with Crippen molar-refractivity contribution >= 4 is 22.8 Å². The molecule has 2 aromatic rings. The molecule has 1 saturated heterocycles. The smallest absolute Gasteiger partial charge is 0.245 e. The Morgan fingerprint density at radius 3 is 2.91 bits per heavy atom. The molecule has 124 valence electrons. The third-order valence-corrected chi connectivity index (χ3v) is 4.51. The Kier molecular flexibility index (Phi) is 4.19. The van der Waals surface area contributed by atoms with E-state index in [9.17, 15) is 4.79 Å². The van der Waals surface area contributed by atoms with Gasteiger partial charge in [0.2, 0.25) is 5.91 Å². The van der Waals surface area contributed by atoms with Gasteiger partial charge in [0.1, 0.15) is 17.7 Å². The molecule has 0 bridgehead atoms. The van der Waals surface area contributed by atoms with Crippen LogP contribution in [0, 0.1) is 6.92 Å². The summed E-state index contributed by atoms with van der Waals surface area (Å²) in [6.07, 6.45) is 5.10. The van der Waals surface area contributed by atoms with Gasteiger partial charge in [-0.05, 0) is 40.0 Å². The molecule has 3 rings (SSSR count). The Labute approximate surface area is 136 Å². The fourth-order valence-electron chi connectivity index (χ4n) is 3.18. The summed E-state index contributed by atoms with van der Waals surface area (Å²) in [6, 6.07) is -0.0145. The van der Waals surface area contributed by atoms with Gasteiger partial charge in [0, 0.05) is 19.6 Å². The van der Waals surface area contributed by atoms with Gasteiger partial charge in [0.25, 0.3) is 0 Å². The summed E-state index contributed by atoms with van der Waals surface area (Å²) >= 11 is 0. The highest BCUT2D eigenvalue weighted by atomic mass is 16.2. The molecule has 7 heteroatoms. The SMILES string of the molecule is Cc1nc(N[C@@H](C)C(=O)N2CCCC[C@H]2C)c2cnn(C)c2n1. The molecule has 23 heavy (non-hydrogen) atoms. The number of carbonyl (C=O) groups excluding carboxylic acids is 1. The van der Waals surface area contributed by atoms with E-state index in [1.165, 1.54) is 6.42 Å². The maximum atomic E-state index is 12.7. The Hall–Kier alpha value is -2.18. The van der Waals surface area contributed by atoms with Crippen LogP contribution in [-0.4, -0.2) is 49.2 Å². The van der Waals surface area contributed by atoms with Gasteiger partial charge >= 0.3 is 0 Å². The minimum absolute atomic E-state index is 0.130. The number of fused-ring (bicyclic) bond motifs is 1. The van der Waals surface area contributed by atoms with Crippen molar-refractivity contribution in [2.75, 3.05) is 11.9 Å². The van der Waals surface area contributed by atoms with E-state index < -0.39 is 0 Å². The Bertz CT molecular complexity index is 725. The summed E-state index contributed by atoms with van der Waals surface area (Å²) in [5.41, 5.74) is 0.769. The first kappa shape index (κ1) is 15.7. The average molecular weight is 316 g/mol. The van der Waals surface area contributed by atoms with E-state index in [1.54, 1.807) is 10.9 Å². The van der Waals surface area contributed by atoms with Crippen LogP contribution in [0.4, 0.5) is 5.82 Å². The molecule has 0 unspecified atom stereocenters. The number of anilines is 1. The van der Waals surface area contributed by atoms with Crippen molar-refractivity contribution < 1.29 is 4.79 Å². The van der Waals surface area contributed by atoms with Crippen LogP contribution in [-0.2, 0) is 11.8 Å². The van der Waals surface area contributed by atoms with Crippen molar-refractivity contribution in [3.8, 4) is 0 Å². The Morgan fingerprint density at radius 1 is 1.39 bits per heavy atom. The summed E-state index contributed by atoms with van der Waals surface area (Å²) in [5.74, 6) is 1.46. The highest BCUT2D eigenvalue weighted by Gasteiger charge is 2.27. The van der Waals surface area contributed by atoms with E-state index in [0.29, 0.717) is 17.7 Å². The third kappa shape index (κ3) is 3.00. The number of amides is 1. The highest BCUT2D eigenvalue weighted by molar-refractivity contribution is 5.90. The monoisotopic (exact) mass is 316 g/mol. The summed E-state index contributed by atoms with van der Waals surface area (Å²) in [7, 11) is 1.85. The number of carbonyl (C=O) groups is 1. The van der Waals surface area contributed by atoms with Gasteiger partial charge in [-0.1, -0.05) is 0 Å². The van der Waals surface area contributed by atoms with E-state index >= 15 is 0 Å². The second-order valence-electron chi connectivity index (χ2n) is 6.37. The predicted octanol–water partition coefficient (Wildman–Crippen LogP) is 1.87. The summed E-state index contributed by atoms with van der Waals surface area (Å²) in [6.45, 7) is 6.70. The lowest BCUT2D eigenvalue weighted by Crippen LogP contribution is -2.48. The molecule has 0 spiro atoms. The number of piperidine rings is 1. The first-order valence-electron chi connectivity index (χ1n) is 8.20. The minimum Gasteiger partial charge on any atom is -0.358 e. The molecule has 2 atom stereocenters. The van der Waals surface area contributed by atoms with Crippen molar-refractivity contribution in [1.82, 2.24) is 24.6 Å². The van der Waals surface area contributed by atoms with Gasteiger partial charge in [-0.3, -0.25) is 9.48 Å². The third-order valence-electron chi connectivity index (χ3n) is 4.51. The molecule has 7 nitrogen and oxygen atoms in total. The molecular formula is C16H24N6O. The van der Waals surface area contributed by atoms with Gasteiger partial charge in [-0.2, -0.15) is 5.10 Å². The molecule has 1 aliphatic rings. The van der Waals surface area contributed by atoms with E-state index in [-0.39, 0.29) is 11.9 Å². The number of rotatable bonds is 3. The molecule has 1 N–H and O–H groups in total. The second-order valence-corrected chi connectivity index (χ2v) is 6.37. The number of likely N-dealkylation sites (tertiary alicyclic amines) is 1. The van der Waals surface area contributed by atoms with Crippen molar-refractivity contribution in [2.24, 2.45) is 7.05 Å². The van der Waals surface area contributed by atoms with Crippen LogP contribution in [0.3, 0.4) is 0 Å². The number of hydrogen-bond acceptors (Lipinski definition) is 5. The summed E-state index contributed by atoms with van der Waals surface area (Å²) in [4.78, 5) is 23.6. The second kappa shape index (κ2) is 6.14. The predicted molar refractivity (Wildman–Crippen MR) is 89.2 cm³/mol. The van der Waals surface area contributed by atoms with E-state index in [0.717, 1.165) is 30.4 Å². The zero-order valence-electron chi connectivity index (χ0n) is 14.2. The lowest BCUT2D eigenvalue weighted by atomic mass is 10.0. The molecule has 1 fully saturated rings. The fraction of sp³-hybridized carbons (Fsp3) is 0.625. The molecule has 1 amide bonds. The van der Waals surface area contributed by atoms with Crippen LogP contribution in [0.1, 0.15) is 38.9 Å². The number of nitrogens with zero attached hydrogens (tertiary/aromatic N) is 5. The maximum Gasteiger partial charge on any atom is 0.245 e. The molecular weight excluding hydrogens is 292 g/mol. The Balaban J connectivity index is 1.82. The lowest BCUT2D eigenvalue weighted by molar-refractivity contribution is -0.134. The largest absolute Gasteiger partial charge is 0.358 e. The maximum absolute atomic E-state index is 12.7. The van der Waals surface area contributed by atoms with Gasteiger partial charge in [0.15, 0.2) is 5.65 Å². The topological polar surface area (TPSA) is 75.9 Å². The van der Waals surface area contributed by atoms with Crippen LogP contribution in [0.5, 0.6) is 0 Å². The zero-order chi connectivity index (χ0) is 16.6. The van der Waals surface area contributed by atoms with Crippen LogP contribution >= 0.6 is 0 Å². The van der Waals surface area contributed by atoms with Gasteiger partial charge in [0.05, 0.1) is 11.6 Å². The minimum atomic E-state index is -0.326. The molecule has 0 saturated carbocycles. The molecule has 0 aromatic carbocycles. The zero-order valence-corrected chi connectivity index (χ0v) is 14.2. The summed E-state index contributed by atoms with van der Waals surface area (Å²) in [5, 5.41) is 8.33. The Morgan fingerprint density at radius 2 is 2.17 bits per heavy atom. The quantitative estimate of drug-likeness (QED) is 0.935. The number of aromatic nitrogens is 4. The first-order valence-corrected chi connectivity index (χ1v) is 8.20. The van der Waals surface area contributed by atoms with Gasteiger partial charge in [-0.15, -0.1) is 0 Å². The number of nitrogens with one attached hydrogen (secondary N) is 1. The van der Waals surface area contributed by atoms with Crippen molar-refractivity contribution in [2.45, 2.75) is 52.1 Å². The normalized spacial score (nSPS) is 19.8. The summed E-state index contributed by atoms with van der Waals surface area (Å²) < 4.78 is 1.72. The molecule has 0 aliphatic carbocycles. The number of aryl methyl sites for hydroxylation is 2. The van der Waals surface area contributed by atoms with E-state index in [1.807, 2.05) is 25.8 Å². The molecule has 2 aromatic heterocycles. The van der Waals surface area contributed by atoms with E-state index in [4.69, 9.17) is 0 Å². The lowest BCUT2D eigenvalue weighted by Gasteiger charge is -2.35. The first-order chi connectivity index (χ1) is 11.0.